The van der Waals surface area contributed by atoms with E-state index in [1.54, 1.807) is 30.5 Å². The van der Waals surface area contributed by atoms with Crippen molar-refractivity contribution in [1.29, 1.82) is 5.26 Å². The molecular weight excluding hydrogens is 228 g/mol. The van der Waals surface area contributed by atoms with Crippen LogP contribution in [0.25, 0.3) is 10.9 Å². The second-order valence-corrected chi connectivity index (χ2v) is 5.02. The Balaban J connectivity index is 2.48. The fourth-order valence-corrected chi connectivity index (χ4v) is 1.74. The number of nitrogens with zero attached hydrogens (tertiary/aromatic N) is 2. The quantitative estimate of drug-likeness (QED) is 0.712. The van der Waals surface area contributed by atoms with Gasteiger partial charge in [-0.2, -0.15) is 5.26 Å². The average molecular weight is 242 g/mol. The minimum Gasteiger partial charge on any atom is -0.443 e. The summed E-state index contributed by atoms with van der Waals surface area (Å²) in [5.41, 5.74) is 0.693. The lowest BCUT2D eigenvalue weighted by atomic mass is 10.1. The van der Waals surface area contributed by atoms with Crippen LogP contribution in [0.3, 0.4) is 0 Å². The molecule has 1 aromatic carbocycles. The fourth-order valence-electron chi connectivity index (χ4n) is 1.74. The Morgan fingerprint density at radius 2 is 2.06 bits per heavy atom. The van der Waals surface area contributed by atoms with Crippen LogP contribution in [0.1, 0.15) is 26.3 Å². The molecule has 4 heteroatoms. The van der Waals surface area contributed by atoms with Crippen molar-refractivity contribution < 1.29 is 9.53 Å². The van der Waals surface area contributed by atoms with Gasteiger partial charge < -0.3 is 4.74 Å². The second kappa shape index (κ2) is 4.19. The number of rotatable bonds is 0. The summed E-state index contributed by atoms with van der Waals surface area (Å²) in [7, 11) is 0. The zero-order valence-electron chi connectivity index (χ0n) is 10.6. The number of benzene rings is 1. The molecule has 0 fully saturated rings. The Labute approximate surface area is 105 Å². The topological polar surface area (TPSA) is 55.0 Å². The Hall–Kier alpha value is -2.28. The first kappa shape index (κ1) is 12.2. The fraction of sp³-hybridized carbons (Fsp3) is 0.286. The van der Waals surface area contributed by atoms with Gasteiger partial charge in [0.2, 0.25) is 0 Å². The molecule has 4 nitrogen and oxygen atoms in total. The average Bonchev–Trinajstić information content (AvgIpc) is 2.69. The molecule has 2 rings (SSSR count). The van der Waals surface area contributed by atoms with E-state index in [0.717, 1.165) is 5.39 Å². The number of hydrogen-bond donors (Lipinski definition) is 0. The molecule has 0 radical (unpaired) electrons. The summed E-state index contributed by atoms with van der Waals surface area (Å²) in [5.74, 6) is 0. The first-order valence-electron chi connectivity index (χ1n) is 5.66. The Kier molecular flexibility index (Phi) is 2.84. The molecule has 0 atom stereocenters. The summed E-state index contributed by atoms with van der Waals surface area (Å²) < 4.78 is 6.72. The molecule has 0 saturated heterocycles. The van der Waals surface area contributed by atoms with Gasteiger partial charge in [0, 0.05) is 11.6 Å². The van der Waals surface area contributed by atoms with Gasteiger partial charge in [0.15, 0.2) is 0 Å². The summed E-state index contributed by atoms with van der Waals surface area (Å²) in [6.45, 7) is 5.45. The van der Waals surface area contributed by atoms with Crippen LogP contribution in [0.15, 0.2) is 30.5 Å². The van der Waals surface area contributed by atoms with Crippen molar-refractivity contribution in [3.63, 3.8) is 0 Å². The van der Waals surface area contributed by atoms with Gasteiger partial charge in [-0.3, -0.25) is 4.57 Å². The monoisotopic (exact) mass is 242 g/mol. The number of ether oxygens (including phenoxy) is 1. The Bertz CT molecular complexity index is 642. The molecule has 0 spiro atoms. The van der Waals surface area contributed by atoms with E-state index in [9.17, 15) is 4.79 Å². The first-order chi connectivity index (χ1) is 8.42. The summed E-state index contributed by atoms with van der Waals surface area (Å²) in [6, 6.07) is 9.12. The van der Waals surface area contributed by atoms with E-state index in [4.69, 9.17) is 10.00 Å². The number of carbonyl (C=O) groups excluding carboxylic acids is 1. The lowest BCUT2D eigenvalue weighted by molar-refractivity contribution is 0.0544. The number of fused-ring (bicyclic) bond motifs is 1. The third-order valence-electron chi connectivity index (χ3n) is 2.44. The molecule has 18 heavy (non-hydrogen) atoms. The van der Waals surface area contributed by atoms with E-state index in [1.165, 1.54) is 4.57 Å². The maximum atomic E-state index is 12.0. The van der Waals surface area contributed by atoms with E-state index in [2.05, 4.69) is 6.07 Å². The standard InChI is InChI=1S/C14H14N2O2/c1-14(2,3)18-13(17)16-8-7-11-10(9-15)5-4-6-12(11)16/h4-8H,1-3H3. The number of nitriles is 1. The van der Waals surface area contributed by atoms with E-state index in [0.29, 0.717) is 11.1 Å². The molecule has 0 aliphatic heterocycles. The highest BCUT2D eigenvalue weighted by Gasteiger charge is 2.19. The predicted octanol–water partition coefficient (Wildman–Crippen LogP) is 3.30. The van der Waals surface area contributed by atoms with Gasteiger partial charge in [0.25, 0.3) is 0 Å². The van der Waals surface area contributed by atoms with Crippen LogP contribution in [0.4, 0.5) is 4.79 Å². The molecule has 0 aliphatic rings. The maximum absolute atomic E-state index is 12.0. The van der Waals surface area contributed by atoms with Gasteiger partial charge in [-0.1, -0.05) is 6.07 Å². The highest BCUT2D eigenvalue weighted by atomic mass is 16.6. The predicted molar refractivity (Wildman–Crippen MR) is 68.3 cm³/mol. The summed E-state index contributed by atoms with van der Waals surface area (Å²) in [4.78, 5) is 12.0. The smallest absolute Gasteiger partial charge is 0.418 e. The van der Waals surface area contributed by atoms with Gasteiger partial charge in [-0.15, -0.1) is 0 Å². The van der Waals surface area contributed by atoms with Crippen molar-refractivity contribution in [2.75, 3.05) is 0 Å². The van der Waals surface area contributed by atoms with Gasteiger partial charge in [-0.25, -0.2) is 4.79 Å². The van der Waals surface area contributed by atoms with Crippen molar-refractivity contribution >= 4 is 17.0 Å². The van der Waals surface area contributed by atoms with Gasteiger partial charge in [-0.05, 0) is 39.0 Å². The van der Waals surface area contributed by atoms with Crippen LogP contribution in [0.5, 0.6) is 0 Å². The number of carbonyl (C=O) groups is 1. The zero-order chi connectivity index (χ0) is 13.3. The molecule has 1 aromatic heterocycles. The maximum Gasteiger partial charge on any atom is 0.418 e. The van der Waals surface area contributed by atoms with Crippen molar-refractivity contribution in [2.45, 2.75) is 26.4 Å². The lowest BCUT2D eigenvalue weighted by Crippen LogP contribution is -2.26. The van der Waals surface area contributed by atoms with Crippen LogP contribution in [-0.4, -0.2) is 16.3 Å². The zero-order valence-corrected chi connectivity index (χ0v) is 10.6. The van der Waals surface area contributed by atoms with Crippen LogP contribution < -0.4 is 0 Å². The number of aromatic nitrogens is 1. The Morgan fingerprint density at radius 3 is 2.67 bits per heavy atom. The highest BCUT2D eigenvalue weighted by molar-refractivity contribution is 5.92. The third kappa shape index (κ3) is 2.21. The number of hydrogen-bond acceptors (Lipinski definition) is 3. The van der Waals surface area contributed by atoms with E-state index in [-0.39, 0.29) is 0 Å². The highest BCUT2D eigenvalue weighted by Crippen LogP contribution is 2.21. The molecule has 0 N–H and O–H groups in total. The molecule has 0 aliphatic carbocycles. The van der Waals surface area contributed by atoms with Gasteiger partial charge >= 0.3 is 6.09 Å². The summed E-state index contributed by atoms with van der Waals surface area (Å²) in [6.07, 6.45) is 1.19. The molecule has 0 bridgehead atoms. The molecule has 0 amide bonds. The minimum atomic E-state index is -0.541. The SMILES string of the molecule is CC(C)(C)OC(=O)n1ccc2c(C#N)cccc21. The molecule has 2 aromatic rings. The van der Waals surface area contributed by atoms with E-state index in [1.807, 2.05) is 20.8 Å². The van der Waals surface area contributed by atoms with Crippen LogP contribution in [-0.2, 0) is 4.74 Å². The van der Waals surface area contributed by atoms with Crippen LogP contribution in [0, 0.1) is 11.3 Å². The van der Waals surface area contributed by atoms with E-state index < -0.39 is 11.7 Å². The summed E-state index contributed by atoms with van der Waals surface area (Å²) >= 11 is 0. The van der Waals surface area contributed by atoms with Gasteiger partial charge in [0.1, 0.15) is 5.60 Å². The molecular formula is C14H14N2O2. The Morgan fingerprint density at radius 1 is 1.33 bits per heavy atom. The third-order valence-corrected chi connectivity index (χ3v) is 2.44. The summed E-state index contributed by atoms with van der Waals surface area (Å²) in [5, 5.41) is 9.75. The van der Waals surface area contributed by atoms with Crippen molar-refractivity contribution in [1.82, 2.24) is 4.57 Å². The molecule has 92 valence electrons. The van der Waals surface area contributed by atoms with Gasteiger partial charge in [0.05, 0.1) is 17.1 Å². The minimum absolute atomic E-state index is 0.437. The van der Waals surface area contributed by atoms with Crippen molar-refractivity contribution in [2.24, 2.45) is 0 Å². The first-order valence-corrected chi connectivity index (χ1v) is 5.66. The second-order valence-electron chi connectivity index (χ2n) is 5.02. The largest absolute Gasteiger partial charge is 0.443 e. The molecule has 0 saturated carbocycles. The van der Waals surface area contributed by atoms with E-state index >= 15 is 0 Å². The normalized spacial score (nSPS) is 11.2. The lowest BCUT2D eigenvalue weighted by Gasteiger charge is -2.19. The molecule has 1 heterocycles. The van der Waals surface area contributed by atoms with Crippen LogP contribution >= 0.6 is 0 Å². The van der Waals surface area contributed by atoms with Crippen molar-refractivity contribution in [3.8, 4) is 6.07 Å². The van der Waals surface area contributed by atoms with Crippen LogP contribution in [0.2, 0.25) is 0 Å². The molecule has 0 unspecified atom stereocenters. The van der Waals surface area contributed by atoms with Crippen molar-refractivity contribution in [3.05, 3.63) is 36.0 Å².